The van der Waals surface area contributed by atoms with Crippen LogP contribution in [-0.2, 0) is 14.3 Å². The van der Waals surface area contributed by atoms with Gasteiger partial charge in [0.1, 0.15) is 10.9 Å². The van der Waals surface area contributed by atoms with Gasteiger partial charge in [0.05, 0.1) is 12.2 Å². The molecule has 0 radical (unpaired) electrons. The van der Waals surface area contributed by atoms with E-state index in [1.807, 2.05) is 72.3 Å². The molecule has 8 nitrogen and oxygen atoms in total. The fraction of sp³-hybridized carbons (Fsp3) is 0.128. The monoisotopic (exact) mass is 689 g/mol. The molecule has 248 valence electrons. The van der Waals surface area contributed by atoms with Gasteiger partial charge in [0.2, 0.25) is 5.91 Å². The van der Waals surface area contributed by atoms with Crippen molar-refractivity contribution in [3.63, 3.8) is 0 Å². The van der Waals surface area contributed by atoms with Crippen molar-refractivity contribution >= 4 is 64.2 Å². The van der Waals surface area contributed by atoms with Gasteiger partial charge in [-0.15, -0.1) is 11.8 Å². The zero-order valence-corrected chi connectivity index (χ0v) is 28.4. The molecule has 1 heterocycles. The molecule has 0 bridgehead atoms. The number of thiophene rings is 1. The highest BCUT2D eigenvalue weighted by Gasteiger charge is 2.23. The summed E-state index contributed by atoms with van der Waals surface area (Å²) < 4.78 is 5.27. The standard InChI is InChI=1S/C39H35N3O5S2/c1-2-3-23-47-39(46)30-14-16-31(17-15-30)41-38(45)35(28-10-6-4-7-11-28)49-33-20-18-32(19-21-33)40-37(44)34(25-27-22-24-48-26-27)42-36(43)29-12-8-5-9-13-29/h4-22,24-26,35H,2-3,23H2,1H3,(H,40,44)(H,41,45)(H,42,43)/b34-25-. The van der Waals surface area contributed by atoms with Crippen molar-refractivity contribution in [2.45, 2.75) is 29.9 Å². The summed E-state index contributed by atoms with van der Waals surface area (Å²) in [6.07, 6.45) is 3.37. The molecule has 3 N–H and O–H groups in total. The van der Waals surface area contributed by atoms with Crippen LogP contribution in [0.4, 0.5) is 11.4 Å². The van der Waals surface area contributed by atoms with Crippen LogP contribution in [0.3, 0.4) is 0 Å². The molecule has 0 fully saturated rings. The number of rotatable bonds is 14. The molecule has 4 aromatic carbocycles. The zero-order chi connectivity index (χ0) is 34.4. The summed E-state index contributed by atoms with van der Waals surface area (Å²) in [7, 11) is 0. The molecule has 0 spiro atoms. The number of amides is 3. The van der Waals surface area contributed by atoms with Crippen LogP contribution in [0.15, 0.2) is 137 Å². The maximum Gasteiger partial charge on any atom is 0.338 e. The third-order valence-corrected chi connectivity index (χ3v) is 9.18. The normalized spacial score (nSPS) is 11.7. The number of anilines is 2. The molecule has 49 heavy (non-hydrogen) atoms. The van der Waals surface area contributed by atoms with E-state index in [2.05, 4.69) is 16.0 Å². The highest BCUT2D eigenvalue weighted by Crippen LogP contribution is 2.37. The van der Waals surface area contributed by atoms with Crippen LogP contribution in [0.1, 0.15) is 56.9 Å². The Morgan fingerprint density at radius 3 is 2.08 bits per heavy atom. The van der Waals surface area contributed by atoms with Crippen LogP contribution in [0.25, 0.3) is 6.08 Å². The summed E-state index contributed by atoms with van der Waals surface area (Å²) in [6, 6.07) is 33.8. The molecule has 5 aromatic rings. The lowest BCUT2D eigenvalue weighted by atomic mass is 10.1. The number of unbranched alkanes of at least 4 members (excludes halogenated alkanes) is 1. The van der Waals surface area contributed by atoms with E-state index in [0.717, 1.165) is 28.9 Å². The molecule has 1 unspecified atom stereocenters. The molecule has 10 heteroatoms. The minimum absolute atomic E-state index is 0.105. The summed E-state index contributed by atoms with van der Waals surface area (Å²) in [4.78, 5) is 52.9. The molecule has 0 aliphatic heterocycles. The van der Waals surface area contributed by atoms with E-state index in [1.165, 1.54) is 23.1 Å². The first-order valence-corrected chi connectivity index (χ1v) is 17.5. The molecule has 5 rings (SSSR count). The molecular weight excluding hydrogens is 655 g/mol. The maximum atomic E-state index is 13.6. The van der Waals surface area contributed by atoms with E-state index >= 15 is 0 Å². The molecule has 1 atom stereocenters. The Morgan fingerprint density at radius 2 is 1.43 bits per heavy atom. The number of hydrogen-bond acceptors (Lipinski definition) is 7. The lowest BCUT2D eigenvalue weighted by Gasteiger charge is -2.18. The summed E-state index contributed by atoms with van der Waals surface area (Å²) in [6.45, 7) is 2.40. The molecule has 0 saturated heterocycles. The minimum atomic E-state index is -0.589. The van der Waals surface area contributed by atoms with Gasteiger partial charge < -0.3 is 20.7 Å². The van der Waals surface area contributed by atoms with Gasteiger partial charge in [0.25, 0.3) is 11.8 Å². The summed E-state index contributed by atoms with van der Waals surface area (Å²) in [5.74, 6) is -1.49. The lowest BCUT2D eigenvalue weighted by molar-refractivity contribution is -0.116. The largest absolute Gasteiger partial charge is 0.462 e. The van der Waals surface area contributed by atoms with Gasteiger partial charge >= 0.3 is 5.97 Å². The summed E-state index contributed by atoms with van der Waals surface area (Å²) in [5.41, 5.74) is 3.64. The van der Waals surface area contributed by atoms with E-state index < -0.39 is 23.0 Å². The van der Waals surface area contributed by atoms with Crippen LogP contribution < -0.4 is 16.0 Å². The first kappa shape index (κ1) is 34.9. The Labute approximate surface area is 293 Å². The molecule has 0 saturated carbocycles. The highest BCUT2D eigenvalue weighted by molar-refractivity contribution is 8.00. The number of carbonyl (C=O) groups excluding carboxylic acids is 4. The molecular formula is C39H35N3O5S2. The third-order valence-electron chi connectivity index (χ3n) is 7.21. The van der Waals surface area contributed by atoms with Crippen LogP contribution in [0.2, 0.25) is 0 Å². The first-order valence-electron chi connectivity index (χ1n) is 15.7. The van der Waals surface area contributed by atoms with Crippen molar-refractivity contribution in [1.29, 1.82) is 0 Å². The van der Waals surface area contributed by atoms with Gasteiger partial charge in [0, 0.05) is 21.8 Å². The predicted molar refractivity (Wildman–Crippen MR) is 197 cm³/mol. The maximum absolute atomic E-state index is 13.6. The number of nitrogens with one attached hydrogen (secondary N) is 3. The second-order valence-electron chi connectivity index (χ2n) is 10.9. The van der Waals surface area contributed by atoms with Gasteiger partial charge in [-0.3, -0.25) is 14.4 Å². The topological polar surface area (TPSA) is 114 Å². The highest BCUT2D eigenvalue weighted by atomic mass is 32.2. The first-order chi connectivity index (χ1) is 23.9. The Balaban J connectivity index is 1.26. The van der Waals surface area contributed by atoms with E-state index in [-0.39, 0.29) is 11.6 Å². The molecule has 0 aliphatic rings. The predicted octanol–water partition coefficient (Wildman–Crippen LogP) is 8.59. The average Bonchev–Trinajstić information content (AvgIpc) is 3.65. The van der Waals surface area contributed by atoms with Crippen molar-refractivity contribution in [2.24, 2.45) is 0 Å². The fourth-order valence-corrected chi connectivity index (χ4v) is 6.25. The van der Waals surface area contributed by atoms with Crippen molar-refractivity contribution in [1.82, 2.24) is 5.32 Å². The fourth-order valence-electron chi connectivity index (χ4n) is 4.61. The van der Waals surface area contributed by atoms with Gasteiger partial charge in [-0.2, -0.15) is 11.3 Å². The van der Waals surface area contributed by atoms with Gasteiger partial charge in [-0.1, -0.05) is 61.9 Å². The van der Waals surface area contributed by atoms with Crippen LogP contribution >= 0.6 is 23.1 Å². The second kappa shape index (κ2) is 17.6. The minimum Gasteiger partial charge on any atom is -0.462 e. The number of ether oxygens (including phenoxy) is 1. The smallest absolute Gasteiger partial charge is 0.338 e. The summed E-state index contributed by atoms with van der Waals surface area (Å²) in [5, 5.41) is 11.8. The number of benzene rings is 4. The molecule has 1 aromatic heterocycles. The zero-order valence-electron chi connectivity index (χ0n) is 26.8. The van der Waals surface area contributed by atoms with Crippen molar-refractivity contribution in [3.8, 4) is 0 Å². The number of esters is 1. The quantitative estimate of drug-likeness (QED) is 0.0466. The lowest BCUT2D eigenvalue weighted by Crippen LogP contribution is -2.30. The van der Waals surface area contributed by atoms with Crippen molar-refractivity contribution < 1.29 is 23.9 Å². The van der Waals surface area contributed by atoms with Crippen LogP contribution in [0, 0.1) is 0 Å². The van der Waals surface area contributed by atoms with Gasteiger partial charge in [0.15, 0.2) is 0 Å². The van der Waals surface area contributed by atoms with Gasteiger partial charge in [-0.25, -0.2) is 4.79 Å². The Morgan fingerprint density at radius 1 is 0.776 bits per heavy atom. The average molecular weight is 690 g/mol. The molecule has 3 amide bonds. The van der Waals surface area contributed by atoms with E-state index in [0.29, 0.717) is 29.1 Å². The number of thioether (sulfide) groups is 1. The van der Waals surface area contributed by atoms with Crippen LogP contribution in [0.5, 0.6) is 0 Å². The third kappa shape index (κ3) is 10.3. The Hall–Kier alpha value is -5.45. The Bertz CT molecular complexity index is 1880. The van der Waals surface area contributed by atoms with E-state index in [4.69, 9.17) is 4.74 Å². The Kier molecular flexibility index (Phi) is 12.5. The second-order valence-corrected chi connectivity index (χ2v) is 12.8. The molecule has 0 aliphatic carbocycles. The van der Waals surface area contributed by atoms with Crippen molar-refractivity contribution in [3.05, 3.63) is 154 Å². The van der Waals surface area contributed by atoms with E-state index in [1.54, 1.807) is 66.7 Å². The van der Waals surface area contributed by atoms with Gasteiger partial charge in [-0.05, 0) is 101 Å². The van der Waals surface area contributed by atoms with E-state index in [9.17, 15) is 19.2 Å². The van der Waals surface area contributed by atoms with Crippen molar-refractivity contribution in [2.75, 3.05) is 17.2 Å². The number of hydrogen-bond donors (Lipinski definition) is 3. The SMILES string of the molecule is CCCCOC(=O)c1ccc(NC(=O)C(Sc2ccc(NC(=O)/C(=C/c3ccsc3)NC(=O)c3ccccc3)cc2)c2ccccc2)cc1. The summed E-state index contributed by atoms with van der Waals surface area (Å²) >= 11 is 2.85. The number of carbonyl (C=O) groups is 4. The van der Waals surface area contributed by atoms with Crippen LogP contribution in [-0.4, -0.2) is 30.3 Å².